The van der Waals surface area contributed by atoms with Crippen molar-refractivity contribution in [1.82, 2.24) is 0 Å². The zero-order valence-electron chi connectivity index (χ0n) is 10.4. The van der Waals surface area contributed by atoms with Crippen LogP contribution >= 0.6 is 0 Å². The van der Waals surface area contributed by atoms with Gasteiger partial charge in [0.15, 0.2) is 5.78 Å². The molecule has 5 heteroatoms. The minimum Gasteiger partial charge on any atom is -0.496 e. The highest BCUT2D eigenvalue weighted by atomic mass is 16.5. The monoisotopic (exact) mass is 256 g/mol. The summed E-state index contributed by atoms with van der Waals surface area (Å²) in [6.07, 6.45) is 0. The lowest BCUT2D eigenvalue weighted by atomic mass is 9.75. The smallest absolute Gasteiger partial charge is 0.489 e. The van der Waals surface area contributed by atoms with Crippen LogP contribution in [0.1, 0.15) is 15.9 Å². The lowest BCUT2D eigenvalue weighted by molar-refractivity contribution is 0.103. The SMILES string of the molecule is COc1ccccc1C(=O)c1ccccc1B(O)O. The second-order valence-electron chi connectivity index (χ2n) is 3.99. The lowest BCUT2D eigenvalue weighted by Crippen LogP contribution is -2.34. The first-order valence-corrected chi connectivity index (χ1v) is 5.78. The van der Waals surface area contributed by atoms with Gasteiger partial charge in [0, 0.05) is 5.56 Å². The van der Waals surface area contributed by atoms with E-state index in [9.17, 15) is 14.8 Å². The Kier molecular flexibility index (Phi) is 3.99. The van der Waals surface area contributed by atoms with Crippen LogP contribution in [-0.2, 0) is 0 Å². The summed E-state index contributed by atoms with van der Waals surface area (Å²) >= 11 is 0. The predicted molar refractivity (Wildman–Crippen MR) is 72.7 cm³/mol. The van der Waals surface area contributed by atoms with Gasteiger partial charge in [-0.3, -0.25) is 4.79 Å². The van der Waals surface area contributed by atoms with E-state index in [0.29, 0.717) is 11.3 Å². The molecular formula is C14H13BO4. The molecule has 0 unspecified atom stereocenters. The van der Waals surface area contributed by atoms with Crippen LogP contribution in [0.25, 0.3) is 0 Å². The maximum atomic E-state index is 12.4. The molecule has 0 aromatic heterocycles. The van der Waals surface area contributed by atoms with Crippen molar-refractivity contribution in [3.63, 3.8) is 0 Å². The molecule has 0 heterocycles. The molecule has 0 spiro atoms. The van der Waals surface area contributed by atoms with E-state index in [-0.39, 0.29) is 16.8 Å². The van der Waals surface area contributed by atoms with Gasteiger partial charge < -0.3 is 14.8 Å². The lowest BCUT2D eigenvalue weighted by Gasteiger charge is -2.10. The molecular weight excluding hydrogens is 243 g/mol. The van der Waals surface area contributed by atoms with Gasteiger partial charge in [-0.15, -0.1) is 0 Å². The average Bonchev–Trinajstić information content (AvgIpc) is 2.46. The summed E-state index contributed by atoms with van der Waals surface area (Å²) in [6, 6.07) is 13.2. The van der Waals surface area contributed by atoms with Crippen LogP contribution in [0.15, 0.2) is 48.5 Å². The fraction of sp³-hybridized carbons (Fsp3) is 0.0714. The van der Waals surface area contributed by atoms with Crippen molar-refractivity contribution in [1.29, 1.82) is 0 Å². The van der Waals surface area contributed by atoms with Gasteiger partial charge in [0.05, 0.1) is 12.7 Å². The van der Waals surface area contributed by atoms with Gasteiger partial charge in [-0.1, -0.05) is 36.4 Å². The van der Waals surface area contributed by atoms with Gasteiger partial charge in [-0.25, -0.2) is 0 Å². The van der Waals surface area contributed by atoms with Crippen LogP contribution in [-0.4, -0.2) is 30.1 Å². The molecule has 0 saturated heterocycles. The van der Waals surface area contributed by atoms with Crippen LogP contribution in [0.3, 0.4) is 0 Å². The molecule has 0 radical (unpaired) electrons. The number of hydrogen-bond acceptors (Lipinski definition) is 4. The van der Waals surface area contributed by atoms with Crippen molar-refractivity contribution in [3.8, 4) is 5.75 Å². The highest BCUT2D eigenvalue weighted by Gasteiger charge is 2.22. The first-order valence-electron chi connectivity index (χ1n) is 5.78. The van der Waals surface area contributed by atoms with E-state index < -0.39 is 7.12 Å². The number of para-hydroxylation sites is 1. The Morgan fingerprint density at radius 1 is 1.00 bits per heavy atom. The molecule has 0 aliphatic carbocycles. The quantitative estimate of drug-likeness (QED) is 0.621. The molecule has 4 nitrogen and oxygen atoms in total. The van der Waals surface area contributed by atoms with Crippen LogP contribution in [0.5, 0.6) is 5.75 Å². The van der Waals surface area contributed by atoms with E-state index in [1.54, 1.807) is 42.5 Å². The van der Waals surface area contributed by atoms with Gasteiger partial charge in [-0.2, -0.15) is 0 Å². The molecule has 0 aliphatic heterocycles. The van der Waals surface area contributed by atoms with E-state index in [1.807, 2.05) is 0 Å². The van der Waals surface area contributed by atoms with E-state index in [2.05, 4.69) is 0 Å². The number of rotatable bonds is 4. The summed E-state index contributed by atoms with van der Waals surface area (Å²) in [6.45, 7) is 0. The van der Waals surface area contributed by atoms with Gasteiger partial charge >= 0.3 is 7.12 Å². The zero-order valence-corrected chi connectivity index (χ0v) is 10.4. The standard InChI is InChI=1S/C14H13BO4/c1-19-13-9-5-3-7-11(13)14(16)10-6-2-4-8-12(10)15(17)18/h2-9,17-18H,1H3. The fourth-order valence-electron chi connectivity index (χ4n) is 1.91. The van der Waals surface area contributed by atoms with Gasteiger partial charge in [0.1, 0.15) is 5.75 Å². The van der Waals surface area contributed by atoms with Crippen molar-refractivity contribution in [2.45, 2.75) is 0 Å². The molecule has 19 heavy (non-hydrogen) atoms. The highest BCUT2D eigenvalue weighted by molar-refractivity contribution is 6.60. The molecule has 2 rings (SSSR count). The Labute approximate surface area is 111 Å². The second-order valence-corrected chi connectivity index (χ2v) is 3.99. The molecule has 0 aliphatic rings. The number of hydrogen-bond donors (Lipinski definition) is 2. The van der Waals surface area contributed by atoms with E-state index in [0.717, 1.165) is 0 Å². The topological polar surface area (TPSA) is 66.8 Å². The Hall–Kier alpha value is -2.11. The summed E-state index contributed by atoms with van der Waals surface area (Å²) in [5, 5.41) is 18.6. The number of carbonyl (C=O) groups is 1. The number of benzene rings is 2. The van der Waals surface area contributed by atoms with Crippen LogP contribution in [0.2, 0.25) is 0 Å². The molecule has 96 valence electrons. The Morgan fingerprint density at radius 3 is 2.21 bits per heavy atom. The van der Waals surface area contributed by atoms with Gasteiger partial charge in [0.2, 0.25) is 0 Å². The Morgan fingerprint density at radius 2 is 1.58 bits per heavy atom. The van der Waals surface area contributed by atoms with Crippen LogP contribution in [0.4, 0.5) is 0 Å². The van der Waals surface area contributed by atoms with E-state index in [1.165, 1.54) is 13.2 Å². The largest absolute Gasteiger partial charge is 0.496 e. The molecule has 2 N–H and O–H groups in total. The van der Waals surface area contributed by atoms with Crippen molar-refractivity contribution < 1.29 is 19.6 Å². The van der Waals surface area contributed by atoms with Crippen molar-refractivity contribution >= 4 is 18.4 Å². The van der Waals surface area contributed by atoms with Crippen LogP contribution in [0, 0.1) is 0 Å². The molecule has 0 saturated carbocycles. The van der Waals surface area contributed by atoms with Gasteiger partial charge in [0.25, 0.3) is 0 Å². The Bertz CT molecular complexity index is 596. The summed E-state index contributed by atoms with van der Waals surface area (Å²) in [5.74, 6) is 0.149. The first-order chi connectivity index (χ1) is 9.15. The van der Waals surface area contributed by atoms with Crippen molar-refractivity contribution in [3.05, 3.63) is 59.7 Å². The molecule has 0 atom stereocenters. The molecule has 2 aromatic rings. The third-order valence-electron chi connectivity index (χ3n) is 2.84. The molecule has 0 bridgehead atoms. The summed E-state index contributed by atoms with van der Waals surface area (Å²) in [7, 11) is -0.200. The maximum Gasteiger partial charge on any atom is 0.489 e. The highest BCUT2D eigenvalue weighted by Crippen LogP contribution is 2.20. The summed E-state index contributed by atoms with van der Waals surface area (Å²) < 4.78 is 5.14. The minimum absolute atomic E-state index is 0.179. The fourth-order valence-corrected chi connectivity index (χ4v) is 1.91. The molecule has 0 amide bonds. The maximum absolute atomic E-state index is 12.4. The van der Waals surface area contributed by atoms with E-state index in [4.69, 9.17) is 4.74 Å². The van der Waals surface area contributed by atoms with Crippen LogP contribution < -0.4 is 10.2 Å². The summed E-state index contributed by atoms with van der Waals surface area (Å²) in [5.41, 5.74) is 0.818. The summed E-state index contributed by atoms with van der Waals surface area (Å²) in [4.78, 5) is 12.4. The molecule has 2 aromatic carbocycles. The minimum atomic E-state index is -1.69. The normalized spacial score (nSPS) is 10.1. The zero-order chi connectivity index (χ0) is 13.8. The number of carbonyl (C=O) groups excluding carboxylic acids is 1. The van der Waals surface area contributed by atoms with Crippen molar-refractivity contribution in [2.24, 2.45) is 0 Å². The van der Waals surface area contributed by atoms with E-state index >= 15 is 0 Å². The third kappa shape index (κ3) is 2.67. The number of ketones is 1. The predicted octanol–water partition coefficient (Wildman–Crippen LogP) is 0.606. The average molecular weight is 256 g/mol. The number of ether oxygens (including phenoxy) is 1. The number of methoxy groups -OCH3 is 1. The Balaban J connectivity index is 2.50. The van der Waals surface area contributed by atoms with Gasteiger partial charge in [-0.05, 0) is 17.6 Å². The van der Waals surface area contributed by atoms with Crippen molar-refractivity contribution in [2.75, 3.05) is 7.11 Å². The third-order valence-corrected chi connectivity index (χ3v) is 2.84. The second kappa shape index (κ2) is 5.69. The first kappa shape index (κ1) is 13.3. The molecule has 0 fully saturated rings.